The first-order valence-corrected chi connectivity index (χ1v) is 6.91. The maximum absolute atomic E-state index is 12.7. The van der Waals surface area contributed by atoms with Gasteiger partial charge in [-0.3, -0.25) is 4.79 Å². The molecule has 1 fully saturated rings. The van der Waals surface area contributed by atoms with E-state index in [9.17, 15) is 4.79 Å². The zero-order valence-corrected chi connectivity index (χ0v) is 11.3. The van der Waals surface area contributed by atoms with E-state index in [-0.39, 0.29) is 17.8 Å². The molecule has 1 aliphatic heterocycles. The van der Waals surface area contributed by atoms with Gasteiger partial charge in [0.25, 0.3) is 0 Å². The van der Waals surface area contributed by atoms with Crippen molar-refractivity contribution in [1.29, 1.82) is 5.26 Å². The molecule has 0 amide bonds. The third-order valence-corrected chi connectivity index (χ3v) is 4.03. The van der Waals surface area contributed by atoms with Crippen molar-refractivity contribution in [2.24, 2.45) is 5.92 Å². The molecule has 2 unspecified atom stereocenters. The Labute approximate surface area is 117 Å². The number of nitrogens with zero attached hydrogens (tertiary/aromatic N) is 1. The number of H-pyrrole nitrogens is 1. The maximum atomic E-state index is 12.7. The van der Waals surface area contributed by atoms with Crippen LogP contribution < -0.4 is 0 Å². The van der Waals surface area contributed by atoms with Gasteiger partial charge >= 0.3 is 0 Å². The Morgan fingerprint density at radius 3 is 3.15 bits per heavy atom. The van der Waals surface area contributed by atoms with Crippen LogP contribution >= 0.6 is 0 Å². The number of benzene rings is 1. The van der Waals surface area contributed by atoms with Crippen LogP contribution in [0.2, 0.25) is 0 Å². The summed E-state index contributed by atoms with van der Waals surface area (Å²) in [6.45, 7) is 2.69. The van der Waals surface area contributed by atoms with Gasteiger partial charge in [-0.15, -0.1) is 0 Å². The van der Waals surface area contributed by atoms with E-state index in [4.69, 9.17) is 10.00 Å². The van der Waals surface area contributed by atoms with E-state index in [0.717, 1.165) is 23.7 Å². The molecule has 0 radical (unpaired) electrons. The Kier molecular flexibility index (Phi) is 3.29. The normalized spacial score (nSPS) is 22.0. The third-order valence-electron chi connectivity index (χ3n) is 4.03. The molecule has 4 heteroatoms. The van der Waals surface area contributed by atoms with Gasteiger partial charge in [0.15, 0.2) is 5.78 Å². The van der Waals surface area contributed by atoms with Gasteiger partial charge in [0.05, 0.1) is 23.7 Å². The van der Waals surface area contributed by atoms with Gasteiger partial charge < -0.3 is 9.72 Å². The number of carbonyl (C=O) groups excluding carboxylic acids is 1. The molecule has 0 bridgehead atoms. The largest absolute Gasteiger partial charge is 0.377 e. The summed E-state index contributed by atoms with van der Waals surface area (Å²) in [6.07, 6.45) is 3.40. The van der Waals surface area contributed by atoms with Gasteiger partial charge in [0, 0.05) is 29.3 Å². The average molecular weight is 268 g/mol. The van der Waals surface area contributed by atoms with Crippen LogP contribution in [-0.4, -0.2) is 23.5 Å². The second kappa shape index (κ2) is 5.10. The first-order chi connectivity index (χ1) is 9.74. The fraction of sp³-hybridized carbons (Fsp3) is 0.375. The van der Waals surface area contributed by atoms with Crippen LogP contribution in [0.15, 0.2) is 24.4 Å². The van der Waals surface area contributed by atoms with E-state index in [2.05, 4.69) is 11.1 Å². The van der Waals surface area contributed by atoms with E-state index in [1.807, 2.05) is 13.0 Å². The first-order valence-electron chi connectivity index (χ1n) is 6.91. The second-order valence-corrected chi connectivity index (χ2v) is 5.15. The molecule has 1 saturated heterocycles. The molecule has 2 aromatic rings. The monoisotopic (exact) mass is 268 g/mol. The van der Waals surface area contributed by atoms with E-state index in [0.29, 0.717) is 17.7 Å². The van der Waals surface area contributed by atoms with Gasteiger partial charge in [-0.25, -0.2) is 0 Å². The Bertz CT molecular complexity index is 696. The number of fused-ring (bicyclic) bond motifs is 1. The predicted octanol–water partition coefficient (Wildman–Crippen LogP) is 3.04. The highest BCUT2D eigenvalue weighted by Gasteiger charge is 2.34. The number of aromatic nitrogens is 1. The fourth-order valence-corrected chi connectivity index (χ4v) is 2.94. The molecule has 2 atom stereocenters. The molecule has 1 aromatic carbocycles. The van der Waals surface area contributed by atoms with Crippen molar-refractivity contribution < 1.29 is 9.53 Å². The van der Waals surface area contributed by atoms with E-state index >= 15 is 0 Å². The molecule has 2 heterocycles. The summed E-state index contributed by atoms with van der Waals surface area (Å²) in [5, 5.41) is 9.82. The number of hydrogen-bond acceptors (Lipinski definition) is 3. The Balaban J connectivity index is 2.01. The zero-order valence-electron chi connectivity index (χ0n) is 11.3. The van der Waals surface area contributed by atoms with Crippen molar-refractivity contribution >= 4 is 16.7 Å². The number of carbonyl (C=O) groups is 1. The molecule has 0 saturated carbocycles. The van der Waals surface area contributed by atoms with Crippen molar-refractivity contribution in [1.82, 2.24) is 4.98 Å². The minimum absolute atomic E-state index is 0.0200. The van der Waals surface area contributed by atoms with Gasteiger partial charge in [0.2, 0.25) is 0 Å². The van der Waals surface area contributed by atoms with Crippen LogP contribution in [0.3, 0.4) is 0 Å². The van der Waals surface area contributed by atoms with Crippen LogP contribution in [0.5, 0.6) is 0 Å². The summed E-state index contributed by atoms with van der Waals surface area (Å²) in [4.78, 5) is 15.8. The molecular weight excluding hydrogens is 252 g/mol. The standard InChI is InChI=1S/C16H16N2O2/c1-2-15-11(5-6-20-15)16(19)13-9-18-14-4-3-10(8-17)7-12(13)14/h3-4,7,9,11,15,18H,2,5-6H2,1H3. The average Bonchev–Trinajstić information content (AvgIpc) is 3.12. The highest BCUT2D eigenvalue weighted by atomic mass is 16.5. The fourth-order valence-electron chi connectivity index (χ4n) is 2.94. The Hall–Kier alpha value is -2.12. The SMILES string of the molecule is CCC1OCCC1C(=O)c1c[nH]c2ccc(C#N)cc12. The molecule has 1 aromatic heterocycles. The summed E-state index contributed by atoms with van der Waals surface area (Å²) in [5.41, 5.74) is 2.13. The van der Waals surface area contributed by atoms with Crippen molar-refractivity contribution in [3.8, 4) is 6.07 Å². The molecule has 20 heavy (non-hydrogen) atoms. The second-order valence-electron chi connectivity index (χ2n) is 5.15. The molecule has 4 nitrogen and oxygen atoms in total. The van der Waals surface area contributed by atoms with Gasteiger partial charge in [-0.2, -0.15) is 5.26 Å². The lowest BCUT2D eigenvalue weighted by Crippen LogP contribution is -2.23. The summed E-state index contributed by atoms with van der Waals surface area (Å²) in [5.74, 6) is 0.0560. The first kappa shape index (κ1) is 12.9. The molecule has 102 valence electrons. The number of ketones is 1. The lowest BCUT2D eigenvalue weighted by Gasteiger charge is -2.15. The number of nitriles is 1. The molecular formula is C16H16N2O2. The lowest BCUT2D eigenvalue weighted by molar-refractivity contribution is 0.0690. The van der Waals surface area contributed by atoms with Crippen LogP contribution in [0, 0.1) is 17.2 Å². The summed E-state index contributed by atoms with van der Waals surface area (Å²) in [7, 11) is 0. The number of Topliss-reactive ketones (excluding diaryl/α,β-unsaturated/α-hetero) is 1. The van der Waals surface area contributed by atoms with E-state index < -0.39 is 0 Å². The van der Waals surface area contributed by atoms with Gasteiger partial charge in [-0.1, -0.05) is 6.92 Å². The number of nitrogens with one attached hydrogen (secondary N) is 1. The van der Waals surface area contributed by atoms with E-state index in [1.165, 1.54) is 0 Å². The van der Waals surface area contributed by atoms with Crippen molar-refractivity contribution in [2.45, 2.75) is 25.9 Å². The lowest BCUT2D eigenvalue weighted by atomic mass is 9.90. The third kappa shape index (κ3) is 2.00. The topological polar surface area (TPSA) is 65.9 Å². The van der Waals surface area contributed by atoms with Crippen LogP contribution in [0.1, 0.15) is 35.7 Å². The highest BCUT2D eigenvalue weighted by molar-refractivity contribution is 6.09. The minimum Gasteiger partial charge on any atom is -0.377 e. The van der Waals surface area contributed by atoms with Crippen LogP contribution in [0.25, 0.3) is 10.9 Å². The van der Waals surface area contributed by atoms with Crippen LogP contribution in [0.4, 0.5) is 0 Å². The highest BCUT2D eigenvalue weighted by Crippen LogP contribution is 2.30. The number of hydrogen-bond donors (Lipinski definition) is 1. The molecule has 1 aliphatic rings. The van der Waals surface area contributed by atoms with Crippen molar-refractivity contribution in [3.63, 3.8) is 0 Å². The molecule has 1 N–H and O–H groups in total. The van der Waals surface area contributed by atoms with Crippen LogP contribution in [-0.2, 0) is 4.74 Å². The Morgan fingerprint density at radius 2 is 2.40 bits per heavy atom. The van der Waals surface area contributed by atoms with E-state index in [1.54, 1.807) is 18.3 Å². The maximum Gasteiger partial charge on any atom is 0.170 e. The van der Waals surface area contributed by atoms with Gasteiger partial charge in [0.1, 0.15) is 0 Å². The van der Waals surface area contributed by atoms with Gasteiger partial charge in [-0.05, 0) is 31.0 Å². The summed E-state index contributed by atoms with van der Waals surface area (Å²) >= 11 is 0. The number of aromatic amines is 1. The number of ether oxygens (including phenoxy) is 1. The molecule has 0 spiro atoms. The Morgan fingerprint density at radius 1 is 1.55 bits per heavy atom. The minimum atomic E-state index is -0.0651. The number of rotatable bonds is 3. The summed E-state index contributed by atoms with van der Waals surface area (Å²) in [6, 6.07) is 7.48. The molecule has 0 aliphatic carbocycles. The zero-order chi connectivity index (χ0) is 14.1. The summed E-state index contributed by atoms with van der Waals surface area (Å²) < 4.78 is 5.61. The quantitative estimate of drug-likeness (QED) is 0.870. The molecule has 3 rings (SSSR count). The van der Waals surface area contributed by atoms with Crippen molar-refractivity contribution in [2.75, 3.05) is 6.61 Å². The predicted molar refractivity (Wildman–Crippen MR) is 75.5 cm³/mol. The smallest absolute Gasteiger partial charge is 0.170 e. The van der Waals surface area contributed by atoms with Crippen molar-refractivity contribution in [3.05, 3.63) is 35.5 Å².